The molecule has 0 amide bonds. The van der Waals surface area contributed by atoms with Crippen LogP contribution in [0.1, 0.15) is 24.4 Å². The van der Waals surface area contributed by atoms with Crippen molar-refractivity contribution in [2.24, 2.45) is 0 Å². The lowest BCUT2D eigenvalue weighted by Crippen LogP contribution is -2.31. The monoisotopic (exact) mass is 193 g/mol. The highest BCUT2D eigenvalue weighted by atomic mass is 16.4. The van der Waals surface area contributed by atoms with Crippen LogP contribution in [-0.4, -0.2) is 27.1 Å². The summed E-state index contributed by atoms with van der Waals surface area (Å²) in [4.78, 5) is 18.5. The van der Waals surface area contributed by atoms with E-state index in [0.29, 0.717) is 6.42 Å². The summed E-state index contributed by atoms with van der Waals surface area (Å²) in [5.74, 6) is -0.788. The Morgan fingerprint density at radius 1 is 1.43 bits per heavy atom. The molecule has 0 unspecified atom stereocenters. The number of rotatable bonds is 2. The first-order chi connectivity index (χ1) is 6.77. The minimum Gasteiger partial charge on any atom is -0.480 e. The maximum absolute atomic E-state index is 10.7. The number of aliphatic carboxylic acids is 1. The number of hydrogen-bond donors (Lipinski definition) is 2. The number of nitrogens with zero attached hydrogens (tertiary/aromatic N) is 2. The molecule has 1 fully saturated rings. The van der Waals surface area contributed by atoms with E-state index >= 15 is 0 Å². The molecule has 74 valence electrons. The number of carboxylic acids is 1. The van der Waals surface area contributed by atoms with Crippen molar-refractivity contribution in [3.8, 4) is 0 Å². The predicted molar refractivity (Wildman–Crippen MR) is 48.6 cm³/mol. The molecule has 0 spiro atoms. The van der Waals surface area contributed by atoms with Crippen molar-refractivity contribution in [1.82, 2.24) is 15.3 Å². The molecule has 1 aliphatic rings. The van der Waals surface area contributed by atoms with Gasteiger partial charge in [-0.15, -0.1) is 0 Å². The lowest BCUT2D eigenvalue weighted by molar-refractivity contribution is -0.139. The van der Waals surface area contributed by atoms with Crippen LogP contribution in [0.25, 0.3) is 0 Å². The topological polar surface area (TPSA) is 75.1 Å². The van der Waals surface area contributed by atoms with Crippen LogP contribution in [0, 0.1) is 0 Å². The molecule has 1 saturated heterocycles. The van der Waals surface area contributed by atoms with Gasteiger partial charge in [-0.2, -0.15) is 0 Å². The normalized spacial score (nSPS) is 26.3. The first kappa shape index (κ1) is 9.08. The Morgan fingerprint density at radius 2 is 2.14 bits per heavy atom. The van der Waals surface area contributed by atoms with E-state index < -0.39 is 12.0 Å². The first-order valence-corrected chi connectivity index (χ1v) is 4.51. The average molecular weight is 193 g/mol. The van der Waals surface area contributed by atoms with Gasteiger partial charge in [0.05, 0.1) is 0 Å². The molecule has 0 aromatic carbocycles. The summed E-state index contributed by atoms with van der Waals surface area (Å²) in [5.41, 5.74) is 0.955. The fourth-order valence-electron chi connectivity index (χ4n) is 1.69. The summed E-state index contributed by atoms with van der Waals surface area (Å²) in [5, 5.41) is 11.8. The molecule has 5 nitrogen and oxygen atoms in total. The molecule has 2 heterocycles. The third-order valence-electron chi connectivity index (χ3n) is 2.43. The van der Waals surface area contributed by atoms with Crippen LogP contribution in [-0.2, 0) is 4.79 Å². The van der Waals surface area contributed by atoms with Crippen molar-refractivity contribution in [3.05, 3.63) is 24.3 Å². The number of carboxylic acid groups (broad SMARTS) is 1. The zero-order valence-electron chi connectivity index (χ0n) is 7.55. The standard InChI is InChI=1S/C9H11N3O2/c13-9(14)8-2-1-7(12-8)6-3-10-5-11-4-6/h3-5,7-8,12H,1-2H2,(H,13,14)/t7-,8-/m1/s1. The first-order valence-electron chi connectivity index (χ1n) is 4.51. The lowest BCUT2D eigenvalue weighted by Gasteiger charge is -2.10. The molecule has 1 aromatic heterocycles. The van der Waals surface area contributed by atoms with Gasteiger partial charge in [0.15, 0.2) is 0 Å². The molecule has 5 heteroatoms. The van der Waals surface area contributed by atoms with E-state index in [2.05, 4.69) is 15.3 Å². The predicted octanol–water partition coefficient (Wildman–Crippen LogP) is 0.354. The molecule has 0 bridgehead atoms. The second kappa shape index (κ2) is 3.71. The number of hydrogen-bond acceptors (Lipinski definition) is 4. The van der Waals surface area contributed by atoms with Gasteiger partial charge in [0.2, 0.25) is 0 Å². The van der Waals surface area contributed by atoms with Crippen molar-refractivity contribution in [2.75, 3.05) is 0 Å². The average Bonchev–Trinajstić information content (AvgIpc) is 2.68. The van der Waals surface area contributed by atoms with Gasteiger partial charge in [0.25, 0.3) is 0 Å². The van der Waals surface area contributed by atoms with Crippen molar-refractivity contribution in [2.45, 2.75) is 24.9 Å². The molecular formula is C9H11N3O2. The number of nitrogens with one attached hydrogen (secondary N) is 1. The Bertz CT molecular complexity index is 328. The Labute approximate surface area is 81.2 Å². The Hall–Kier alpha value is -1.49. The molecule has 14 heavy (non-hydrogen) atoms. The van der Waals surface area contributed by atoms with Gasteiger partial charge >= 0.3 is 5.97 Å². The van der Waals surface area contributed by atoms with Crippen LogP contribution in [0.2, 0.25) is 0 Å². The summed E-state index contributed by atoms with van der Waals surface area (Å²) >= 11 is 0. The van der Waals surface area contributed by atoms with Gasteiger partial charge in [-0.1, -0.05) is 0 Å². The molecule has 1 aromatic rings. The third-order valence-corrected chi connectivity index (χ3v) is 2.43. The summed E-state index contributed by atoms with van der Waals surface area (Å²) in [6.07, 6.45) is 6.39. The zero-order valence-corrected chi connectivity index (χ0v) is 7.55. The van der Waals surface area contributed by atoms with Crippen LogP contribution in [0.5, 0.6) is 0 Å². The number of aromatic nitrogens is 2. The lowest BCUT2D eigenvalue weighted by atomic mass is 10.1. The Kier molecular flexibility index (Phi) is 2.41. The van der Waals surface area contributed by atoms with Gasteiger partial charge < -0.3 is 5.11 Å². The molecule has 2 N–H and O–H groups in total. The van der Waals surface area contributed by atoms with Crippen LogP contribution < -0.4 is 5.32 Å². The molecule has 0 saturated carbocycles. The molecule has 0 aliphatic carbocycles. The van der Waals surface area contributed by atoms with Crippen molar-refractivity contribution >= 4 is 5.97 Å². The van der Waals surface area contributed by atoms with Crippen LogP contribution in [0.4, 0.5) is 0 Å². The van der Waals surface area contributed by atoms with Crippen molar-refractivity contribution in [1.29, 1.82) is 0 Å². The van der Waals surface area contributed by atoms with E-state index in [4.69, 9.17) is 5.11 Å². The van der Waals surface area contributed by atoms with Gasteiger partial charge in [-0.05, 0) is 12.8 Å². The van der Waals surface area contributed by atoms with Crippen LogP contribution in [0.3, 0.4) is 0 Å². The van der Waals surface area contributed by atoms with Crippen LogP contribution in [0.15, 0.2) is 18.7 Å². The number of carbonyl (C=O) groups is 1. The second-order valence-electron chi connectivity index (χ2n) is 3.36. The minimum absolute atomic E-state index is 0.0808. The summed E-state index contributed by atoms with van der Waals surface area (Å²) in [6, 6.07) is -0.350. The molecular weight excluding hydrogens is 182 g/mol. The van der Waals surface area contributed by atoms with Gasteiger partial charge in [-0.3, -0.25) is 10.1 Å². The van der Waals surface area contributed by atoms with E-state index in [1.807, 2.05) is 0 Å². The zero-order chi connectivity index (χ0) is 9.97. The van der Waals surface area contributed by atoms with E-state index in [1.54, 1.807) is 12.4 Å². The summed E-state index contributed by atoms with van der Waals surface area (Å²) < 4.78 is 0. The Morgan fingerprint density at radius 3 is 2.71 bits per heavy atom. The Balaban J connectivity index is 2.06. The van der Waals surface area contributed by atoms with Crippen molar-refractivity contribution < 1.29 is 9.90 Å². The SMILES string of the molecule is O=C(O)[C@H]1CC[C@H](c2cncnc2)N1. The van der Waals surface area contributed by atoms with E-state index in [9.17, 15) is 4.79 Å². The highest BCUT2D eigenvalue weighted by Crippen LogP contribution is 2.25. The summed E-state index contributed by atoms with van der Waals surface area (Å²) in [6.45, 7) is 0. The van der Waals surface area contributed by atoms with E-state index in [0.717, 1.165) is 12.0 Å². The summed E-state index contributed by atoms with van der Waals surface area (Å²) in [7, 11) is 0. The smallest absolute Gasteiger partial charge is 0.320 e. The van der Waals surface area contributed by atoms with Gasteiger partial charge in [0, 0.05) is 24.0 Å². The van der Waals surface area contributed by atoms with Crippen molar-refractivity contribution in [3.63, 3.8) is 0 Å². The second-order valence-corrected chi connectivity index (χ2v) is 3.36. The van der Waals surface area contributed by atoms with Gasteiger partial charge in [-0.25, -0.2) is 9.97 Å². The molecule has 2 rings (SSSR count). The highest BCUT2D eigenvalue weighted by Gasteiger charge is 2.29. The van der Waals surface area contributed by atoms with Crippen LogP contribution >= 0.6 is 0 Å². The largest absolute Gasteiger partial charge is 0.480 e. The minimum atomic E-state index is -0.788. The third kappa shape index (κ3) is 1.72. The quantitative estimate of drug-likeness (QED) is 0.709. The molecule has 1 aliphatic heterocycles. The van der Waals surface area contributed by atoms with E-state index in [-0.39, 0.29) is 6.04 Å². The maximum atomic E-state index is 10.7. The molecule has 0 radical (unpaired) electrons. The van der Waals surface area contributed by atoms with Gasteiger partial charge in [0.1, 0.15) is 12.4 Å². The highest BCUT2D eigenvalue weighted by molar-refractivity contribution is 5.73. The van der Waals surface area contributed by atoms with E-state index in [1.165, 1.54) is 6.33 Å². The fourth-order valence-corrected chi connectivity index (χ4v) is 1.69. The molecule has 2 atom stereocenters. The maximum Gasteiger partial charge on any atom is 0.320 e. The fraction of sp³-hybridized carbons (Fsp3) is 0.444.